The number of hydrogen-bond donors (Lipinski definition) is 2. The second-order valence-electron chi connectivity index (χ2n) is 3.32. The fourth-order valence-electron chi connectivity index (χ4n) is 1.14. The average molecular weight is 256 g/mol. The van der Waals surface area contributed by atoms with Crippen LogP contribution in [0.2, 0.25) is 0 Å². The third kappa shape index (κ3) is 8.18. The van der Waals surface area contributed by atoms with E-state index in [0.717, 1.165) is 6.54 Å². The molecule has 0 radical (unpaired) electrons. The molecule has 4 nitrogen and oxygen atoms in total. The first-order chi connectivity index (χ1) is 8.43. The fraction of sp³-hybridized carbons (Fsp3) is 0.500. The molecule has 96 valence electrons. The van der Waals surface area contributed by atoms with Gasteiger partial charge in [-0.2, -0.15) is 0 Å². The van der Waals surface area contributed by atoms with Gasteiger partial charge in [-0.3, -0.25) is 4.72 Å². The van der Waals surface area contributed by atoms with Gasteiger partial charge in [-0.15, -0.1) is 0 Å². The van der Waals surface area contributed by atoms with E-state index >= 15 is 0 Å². The molecule has 1 rings (SSSR count). The highest BCUT2D eigenvalue weighted by atomic mass is 32.2. The largest absolute Gasteiger partial charge is 0.378 e. The molecule has 3 N–H and O–H groups in total. The summed E-state index contributed by atoms with van der Waals surface area (Å²) in [7, 11) is 0. The van der Waals surface area contributed by atoms with Crippen molar-refractivity contribution >= 4 is 11.9 Å². The van der Waals surface area contributed by atoms with Crippen molar-refractivity contribution in [3.8, 4) is 0 Å². The first kappa shape index (κ1) is 14.5. The van der Waals surface area contributed by atoms with Crippen molar-refractivity contribution in [3.63, 3.8) is 0 Å². The molecule has 0 bridgehead atoms. The maximum atomic E-state index is 5.38. The maximum Gasteiger partial charge on any atom is 0.0701 e. The van der Waals surface area contributed by atoms with E-state index in [1.54, 1.807) is 11.9 Å². The lowest BCUT2D eigenvalue weighted by molar-refractivity contribution is 0.0532. The molecule has 0 atom stereocenters. The predicted molar refractivity (Wildman–Crippen MR) is 71.0 cm³/mol. The smallest absolute Gasteiger partial charge is 0.0701 e. The Morgan fingerprint density at radius 2 is 1.71 bits per heavy atom. The minimum Gasteiger partial charge on any atom is -0.378 e. The van der Waals surface area contributed by atoms with Gasteiger partial charge in [-0.05, 0) is 24.1 Å². The number of nitrogens with two attached hydrogens (primary N) is 1. The lowest BCUT2D eigenvalue weighted by Crippen LogP contribution is -2.16. The first-order valence-corrected chi connectivity index (χ1v) is 6.55. The molecule has 0 unspecified atom stereocenters. The zero-order chi connectivity index (χ0) is 12.2. The molecule has 17 heavy (non-hydrogen) atoms. The molecule has 0 saturated heterocycles. The number of benzene rings is 1. The summed E-state index contributed by atoms with van der Waals surface area (Å²) in [6.45, 7) is 3.91. The molecule has 0 aliphatic heterocycles. The summed E-state index contributed by atoms with van der Waals surface area (Å²) in [5, 5.41) is 0. The molecule has 0 spiro atoms. The number of hydrogen-bond acceptors (Lipinski definition) is 5. The molecule has 0 aliphatic rings. The SMILES string of the molecule is NCCOCCOCCNSc1ccccc1. The second kappa shape index (κ2) is 10.6. The van der Waals surface area contributed by atoms with Gasteiger partial charge in [0, 0.05) is 18.0 Å². The van der Waals surface area contributed by atoms with Crippen molar-refractivity contribution in [3.05, 3.63) is 30.3 Å². The average Bonchev–Trinajstić information content (AvgIpc) is 2.38. The van der Waals surface area contributed by atoms with E-state index in [9.17, 15) is 0 Å². The summed E-state index contributed by atoms with van der Waals surface area (Å²) in [4.78, 5) is 1.21. The van der Waals surface area contributed by atoms with Gasteiger partial charge in [-0.25, -0.2) is 0 Å². The topological polar surface area (TPSA) is 56.5 Å². The monoisotopic (exact) mass is 256 g/mol. The van der Waals surface area contributed by atoms with Crippen LogP contribution in [0.15, 0.2) is 35.2 Å². The van der Waals surface area contributed by atoms with Crippen LogP contribution in [0.4, 0.5) is 0 Å². The second-order valence-corrected chi connectivity index (χ2v) is 4.29. The molecule has 1 aromatic carbocycles. The van der Waals surface area contributed by atoms with Gasteiger partial charge in [0.25, 0.3) is 0 Å². The molecule has 0 heterocycles. The number of nitrogens with one attached hydrogen (secondary N) is 1. The standard InChI is InChI=1S/C12H20N2O2S/c13-6-8-15-10-11-16-9-7-14-17-12-4-2-1-3-5-12/h1-5,14H,6-11,13H2. The Hall–Kier alpha value is -0.590. The van der Waals surface area contributed by atoms with Crippen LogP contribution in [0.5, 0.6) is 0 Å². The lowest BCUT2D eigenvalue weighted by atomic mass is 10.4. The minimum atomic E-state index is 0.565. The van der Waals surface area contributed by atoms with E-state index in [1.807, 2.05) is 18.2 Å². The Bertz CT molecular complexity index is 272. The van der Waals surface area contributed by atoms with Crippen LogP contribution in [-0.4, -0.2) is 39.5 Å². The Labute approximate surface area is 107 Å². The van der Waals surface area contributed by atoms with Gasteiger partial charge in [0.15, 0.2) is 0 Å². The summed E-state index contributed by atoms with van der Waals surface area (Å²) in [5.41, 5.74) is 5.29. The predicted octanol–water partition coefficient (Wildman–Crippen LogP) is 1.28. The van der Waals surface area contributed by atoms with Crippen molar-refractivity contribution in [2.75, 3.05) is 39.5 Å². The number of ether oxygens (including phenoxy) is 2. The fourth-order valence-corrected chi connectivity index (χ4v) is 1.79. The summed E-state index contributed by atoms with van der Waals surface area (Å²) >= 11 is 1.61. The Balaban J connectivity index is 1.85. The molecule has 0 aromatic heterocycles. The van der Waals surface area contributed by atoms with Crippen molar-refractivity contribution in [2.24, 2.45) is 5.73 Å². The molecule has 5 heteroatoms. The van der Waals surface area contributed by atoms with E-state index in [0.29, 0.717) is 33.0 Å². The molecular weight excluding hydrogens is 236 g/mol. The molecule has 0 amide bonds. The van der Waals surface area contributed by atoms with Crippen LogP contribution in [0.3, 0.4) is 0 Å². The van der Waals surface area contributed by atoms with Gasteiger partial charge in [0.05, 0.1) is 26.4 Å². The molecule has 0 aliphatic carbocycles. The van der Waals surface area contributed by atoms with Crippen LogP contribution in [0, 0.1) is 0 Å². The van der Waals surface area contributed by atoms with E-state index in [1.165, 1.54) is 4.90 Å². The Morgan fingerprint density at radius 1 is 1.00 bits per heavy atom. The van der Waals surface area contributed by atoms with Gasteiger partial charge in [-0.1, -0.05) is 18.2 Å². The summed E-state index contributed by atoms with van der Waals surface area (Å²) < 4.78 is 13.8. The van der Waals surface area contributed by atoms with Gasteiger partial charge >= 0.3 is 0 Å². The van der Waals surface area contributed by atoms with E-state index < -0.39 is 0 Å². The molecular formula is C12H20N2O2S. The summed E-state index contributed by atoms with van der Waals surface area (Å²) in [5.74, 6) is 0. The van der Waals surface area contributed by atoms with Crippen LogP contribution in [0.1, 0.15) is 0 Å². The molecule has 0 fully saturated rings. The van der Waals surface area contributed by atoms with Crippen LogP contribution in [-0.2, 0) is 9.47 Å². The van der Waals surface area contributed by atoms with E-state index in [2.05, 4.69) is 16.9 Å². The van der Waals surface area contributed by atoms with Crippen molar-refractivity contribution < 1.29 is 9.47 Å². The quantitative estimate of drug-likeness (QED) is 0.488. The van der Waals surface area contributed by atoms with Crippen molar-refractivity contribution in [1.29, 1.82) is 0 Å². The third-order valence-electron chi connectivity index (χ3n) is 1.92. The maximum absolute atomic E-state index is 5.38. The zero-order valence-corrected chi connectivity index (χ0v) is 10.7. The zero-order valence-electron chi connectivity index (χ0n) is 9.93. The van der Waals surface area contributed by atoms with Gasteiger partial charge in [0.1, 0.15) is 0 Å². The van der Waals surface area contributed by atoms with Crippen LogP contribution < -0.4 is 10.5 Å². The van der Waals surface area contributed by atoms with E-state index in [4.69, 9.17) is 15.2 Å². The Morgan fingerprint density at radius 3 is 2.41 bits per heavy atom. The highest BCUT2D eigenvalue weighted by Crippen LogP contribution is 2.12. The third-order valence-corrected chi connectivity index (χ3v) is 2.77. The van der Waals surface area contributed by atoms with Crippen molar-refractivity contribution in [2.45, 2.75) is 4.90 Å². The first-order valence-electron chi connectivity index (χ1n) is 5.74. The van der Waals surface area contributed by atoms with Gasteiger partial charge in [0.2, 0.25) is 0 Å². The van der Waals surface area contributed by atoms with Crippen LogP contribution >= 0.6 is 11.9 Å². The summed E-state index contributed by atoms with van der Waals surface area (Å²) in [6, 6.07) is 10.2. The highest BCUT2D eigenvalue weighted by molar-refractivity contribution is 7.97. The summed E-state index contributed by atoms with van der Waals surface area (Å²) in [6.07, 6.45) is 0. The van der Waals surface area contributed by atoms with Crippen LogP contribution in [0.25, 0.3) is 0 Å². The molecule has 1 aromatic rings. The highest BCUT2D eigenvalue weighted by Gasteiger charge is 1.92. The lowest BCUT2D eigenvalue weighted by Gasteiger charge is -2.06. The van der Waals surface area contributed by atoms with Crippen molar-refractivity contribution in [1.82, 2.24) is 4.72 Å². The minimum absolute atomic E-state index is 0.565. The van der Waals surface area contributed by atoms with E-state index in [-0.39, 0.29) is 0 Å². The Kier molecular flexibility index (Phi) is 8.99. The van der Waals surface area contributed by atoms with Gasteiger partial charge < -0.3 is 15.2 Å². The normalized spacial score (nSPS) is 10.6. The number of rotatable bonds is 10. The molecule has 0 saturated carbocycles.